The van der Waals surface area contributed by atoms with Gasteiger partial charge in [-0.25, -0.2) is 0 Å². The highest BCUT2D eigenvalue weighted by atomic mass is 16.5. The Labute approximate surface area is 198 Å². The van der Waals surface area contributed by atoms with Crippen LogP contribution in [0.25, 0.3) is 0 Å². The summed E-state index contributed by atoms with van der Waals surface area (Å²) in [5.74, 6) is -0.272. The largest absolute Gasteiger partial charge is 0.380 e. The minimum Gasteiger partial charge on any atom is -0.380 e. The fourth-order valence-electron chi connectivity index (χ4n) is 5.26. The second-order valence-corrected chi connectivity index (χ2v) is 9.59. The molecule has 0 aliphatic carbocycles. The lowest BCUT2D eigenvalue weighted by Gasteiger charge is -2.34. The quantitative estimate of drug-likeness (QED) is 0.535. The number of hydrogen-bond donors (Lipinski definition) is 1. The van der Waals surface area contributed by atoms with E-state index in [4.69, 9.17) is 4.74 Å². The molecule has 2 aromatic carbocycles. The van der Waals surface area contributed by atoms with Crippen LogP contribution in [0, 0.1) is 0 Å². The molecule has 5 nitrogen and oxygen atoms in total. The van der Waals surface area contributed by atoms with Crippen molar-refractivity contribution >= 4 is 5.78 Å². The molecule has 0 bridgehead atoms. The molecule has 2 aliphatic heterocycles. The van der Waals surface area contributed by atoms with E-state index in [9.17, 15) is 9.90 Å². The molecule has 4 unspecified atom stereocenters. The van der Waals surface area contributed by atoms with Crippen LogP contribution in [0.1, 0.15) is 73.2 Å². The molecule has 2 heterocycles. The standard InChI is InChI=1S/C28H38N2O3/c1-21(29-16-8-9-17-29)20-33-28(22(2)30-18-10-11-19-30)25-15-7-6-14-24(25)27(32)26(31)23-12-4-3-5-13-23/h3-7,12-15,21-22,26,28,31H,8-11,16-20H2,1-2H3. The zero-order valence-corrected chi connectivity index (χ0v) is 20.0. The average Bonchev–Trinajstić information content (AvgIpc) is 3.59. The summed E-state index contributed by atoms with van der Waals surface area (Å²) in [4.78, 5) is 18.4. The van der Waals surface area contributed by atoms with Crippen molar-refractivity contribution in [1.29, 1.82) is 0 Å². The monoisotopic (exact) mass is 450 g/mol. The van der Waals surface area contributed by atoms with Crippen molar-refractivity contribution in [1.82, 2.24) is 9.80 Å². The lowest BCUT2D eigenvalue weighted by molar-refractivity contribution is -0.0265. The highest BCUT2D eigenvalue weighted by Crippen LogP contribution is 2.32. The van der Waals surface area contributed by atoms with E-state index in [1.807, 2.05) is 42.5 Å². The van der Waals surface area contributed by atoms with Crippen molar-refractivity contribution in [3.05, 3.63) is 71.3 Å². The third kappa shape index (κ3) is 5.72. The topological polar surface area (TPSA) is 53.0 Å². The van der Waals surface area contributed by atoms with E-state index >= 15 is 0 Å². The smallest absolute Gasteiger partial charge is 0.196 e. The summed E-state index contributed by atoms with van der Waals surface area (Å²) in [5.41, 5.74) is 2.05. The first-order valence-electron chi connectivity index (χ1n) is 12.5. The highest BCUT2D eigenvalue weighted by molar-refractivity contribution is 6.01. The minimum absolute atomic E-state index is 0.154. The van der Waals surface area contributed by atoms with Crippen LogP contribution in [0.2, 0.25) is 0 Å². The summed E-state index contributed by atoms with van der Waals surface area (Å²) < 4.78 is 6.64. The van der Waals surface area contributed by atoms with E-state index in [-0.39, 0.29) is 17.9 Å². The van der Waals surface area contributed by atoms with Crippen molar-refractivity contribution in [3.63, 3.8) is 0 Å². The number of likely N-dealkylation sites (tertiary alicyclic amines) is 2. The van der Waals surface area contributed by atoms with Crippen LogP contribution in [0.3, 0.4) is 0 Å². The number of carbonyl (C=O) groups excluding carboxylic acids is 1. The highest BCUT2D eigenvalue weighted by Gasteiger charge is 2.32. The number of hydrogen-bond acceptors (Lipinski definition) is 5. The van der Waals surface area contributed by atoms with Crippen molar-refractivity contribution in [2.75, 3.05) is 32.8 Å². The molecular weight excluding hydrogens is 412 g/mol. The Hall–Kier alpha value is -2.05. The van der Waals surface area contributed by atoms with Crippen molar-refractivity contribution in [2.45, 2.75) is 63.8 Å². The van der Waals surface area contributed by atoms with Crippen LogP contribution in [0.15, 0.2) is 54.6 Å². The van der Waals surface area contributed by atoms with Gasteiger partial charge >= 0.3 is 0 Å². The Balaban J connectivity index is 1.59. The molecule has 4 rings (SSSR count). The zero-order chi connectivity index (χ0) is 23.2. The number of aliphatic hydroxyl groups excluding tert-OH is 1. The Morgan fingerprint density at radius 1 is 0.879 bits per heavy atom. The Bertz CT molecular complexity index is 891. The fraction of sp³-hybridized carbons (Fsp3) is 0.536. The summed E-state index contributed by atoms with van der Waals surface area (Å²) in [5, 5.41) is 10.9. The minimum atomic E-state index is -1.18. The molecule has 33 heavy (non-hydrogen) atoms. The van der Waals surface area contributed by atoms with Gasteiger partial charge in [0.2, 0.25) is 0 Å². The van der Waals surface area contributed by atoms with E-state index in [1.165, 1.54) is 25.7 Å². The van der Waals surface area contributed by atoms with Gasteiger partial charge in [0, 0.05) is 17.6 Å². The maximum absolute atomic E-state index is 13.4. The van der Waals surface area contributed by atoms with E-state index in [2.05, 4.69) is 23.6 Å². The number of nitrogens with zero attached hydrogens (tertiary/aromatic N) is 2. The summed E-state index contributed by atoms with van der Waals surface area (Å²) in [6.45, 7) is 9.47. The van der Waals surface area contributed by atoms with Gasteiger partial charge in [0.15, 0.2) is 5.78 Å². The van der Waals surface area contributed by atoms with Crippen LogP contribution in [-0.4, -0.2) is 65.6 Å². The second-order valence-electron chi connectivity index (χ2n) is 9.59. The maximum Gasteiger partial charge on any atom is 0.196 e. The number of benzene rings is 2. The predicted molar refractivity (Wildman–Crippen MR) is 131 cm³/mol. The molecule has 2 saturated heterocycles. The Morgan fingerprint density at radius 2 is 1.45 bits per heavy atom. The number of carbonyl (C=O) groups is 1. The lowest BCUT2D eigenvalue weighted by atomic mass is 9.91. The molecule has 1 N–H and O–H groups in total. The van der Waals surface area contributed by atoms with Crippen molar-refractivity contribution in [2.24, 2.45) is 0 Å². The molecule has 2 aliphatic rings. The molecule has 0 radical (unpaired) electrons. The molecule has 4 atom stereocenters. The first-order chi connectivity index (χ1) is 16.1. The van der Waals surface area contributed by atoms with Crippen LogP contribution in [0.5, 0.6) is 0 Å². The summed E-state index contributed by atoms with van der Waals surface area (Å²) >= 11 is 0. The summed E-state index contributed by atoms with van der Waals surface area (Å²) in [7, 11) is 0. The van der Waals surface area contributed by atoms with Crippen molar-refractivity contribution < 1.29 is 14.6 Å². The van der Waals surface area contributed by atoms with Crippen LogP contribution >= 0.6 is 0 Å². The number of rotatable bonds is 10. The van der Waals surface area contributed by atoms with Gasteiger partial charge in [-0.15, -0.1) is 0 Å². The fourth-order valence-corrected chi connectivity index (χ4v) is 5.26. The van der Waals surface area contributed by atoms with Crippen LogP contribution in [0.4, 0.5) is 0 Å². The van der Waals surface area contributed by atoms with E-state index < -0.39 is 6.10 Å². The molecule has 2 fully saturated rings. The van der Waals surface area contributed by atoms with Gasteiger partial charge in [-0.1, -0.05) is 54.6 Å². The third-order valence-electron chi connectivity index (χ3n) is 7.33. The molecule has 0 aromatic heterocycles. The molecule has 5 heteroatoms. The Kier molecular flexibility index (Phi) is 8.31. The van der Waals surface area contributed by atoms with Gasteiger partial charge in [0.1, 0.15) is 6.10 Å². The second kappa shape index (κ2) is 11.4. The SMILES string of the molecule is CC(COC(c1ccccc1C(=O)C(O)c1ccccc1)C(C)N1CCCC1)N1CCCC1. The Morgan fingerprint density at radius 3 is 2.12 bits per heavy atom. The molecule has 0 spiro atoms. The van der Waals surface area contributed by atoms with E-state index in [0.29, 0.717) is 23.8 Å². The van der Waals surface area contributed by atoms with Gasteiger partial charge in [-0.2, -0.15) is 0 Å². The van der Waals surface area contributed by atoms with Gasteiger partial charge in [-0.05, 0) is 76.8 Å². The van der Waals surface area contributed by atoms with Gasteiger partial charge in [0.05, 0.1) is 12.7 Å². The van der Waals surface area contributed by atoms with Crippen molar-refractivity contribution in [3.8, 4) is 0 Å². The molecule has 0 saturated carbocycles. The zero-order valence-electron chi connectivity index (χ0n) is 20.0. The normalized spacial score (nSPS) is 21.1. The lowest BCUT2D eigenvalue weighted by Crippen LogP contribution is -2.40. The summed E-state index contributed by atoms with van der Waals surface area (Å²) in [6, 6.07) is 17.4. The van der Waals surface area contributed by atoms with E-state index in [0.717, 1.165) is 31.7 Å². The van der Waals surface area contributed by atoms with Crippen LogP contribution < -0.4 is 0 Å². The first-order valence-corrected chi connectivity index (χ1v) is 12.5. The number of ether oxygens (including phenoxy) is 1. The average molecular weight is 451 g/mol. The first kappa shape index (κ1) is 24.1. The summed E-state index contributed by atoms with van der Waals surface area (Å²) in [6.07, 6.45) is 3.51. The van der Waals surface area contributed by atoms with Crippen LogP contribution in [-0.2, 0) is 4.74 Å². The number of aliphatic hydroxyl groups is 1. The molecular formula is C28H38N2O3. The maximum atomic E-state index is 13.4. The third-order valence-corrected chi connectivity index (χ3v) is 7.33. The van der Waals surface area contributed by atoms with Gasteiger partial charge < -0.3 is 9.84 Å². The number of ketones is 1. The number of Topliss-reactive ketones (excluding diaryl/α,β-unsaturated/α-hetero) is 1. The van der Waals surface area contributed by atoms with E-state index in [1.54, 1.807) is 12.1 Å². The molecule has 0 amide bonds. The predicted octanol–water partition coefficient (Wildman–Crippen LogP) is 4.63. The van der Waals surface area contributed by atoms with Gasteiger partial charge in [0.25, 0.3) is 0 Å². The van der Waals surface area contributed by atoms with Gasteiger partial charge in [-0.3, -0.25) is 14.6 Å². The molecule has 178 valence electrons. The molecule has 2 aromatic rings.